The van der Waals surface area contributed by atoms with Crippen molar-refractivity contribution in [2.75, 3.05) is 28.6 Å². The van der Waals surface area contributed by atoms with E-state index in [1.807, 2.05) is 6.08 Å². The van der Waals surface area contributed by atoms with Crippen molar-refractivity contribution < 1.29 is 4.79 Å². The van der Waals surface area contributed by atoms with Crippen LogP contribution in [0.25, 0.3) is 0 Å². The summed E-state index contributed by atoms with van der Waals surface area (Å²) in [5.74, 6) is 1.13. The Hall–Kier alpha value is -4.54. The molecule has 2 aromatic rings. The van der Waals surface area contributed by atoms with E-state index in [0.29, 0.717) is 11.5 Å². The lowest BCUT2D eigenvalue weighted by atomic mass is 9.69. The van der Waals surface area contributed by atoms with Gasteiger partial charge in [-0.25, -0.2) is 0 Å². The lowest BCUT2D eigenvalue weighted by Gasteiger charge is -2.46. The van der Waals surface area contributed by atoms with Crippen molar-refractivity contribution in [1.82, 2.24) is 0 Å². The predicted octanol–water partition coefficient (Wildman–Crippen LogP) is 11.6. The Morgan fingerprint density at radius 3 is 2.31 bits per heavy atom. The van der Waals surface area contributed by atoms with Crippen LogP contribution in [0.2, 0.25) is 0 Å². The summed E-state index contributed by atoms with van der Waals surface area (Å²) in [6, 6.07) is 17.5. The number of Topliss-reactive ketones (excluding diaryl/α,β-unsaturated/α-hetero) is 1. The van der Waals surface area contributed by atoms with Crippen LogP contribution < -0.4 is 9.80 Å². The second kappa shape index (κ2) is 15.0. The molecule has 4 aliphatic rings. The smallest absolute Gasteiger partial charge is 0.193 e. The Balaban J connectivity index is 1.21. The first-order chi connectivity index (χ1) is 24.5. The number of fused-ring (bicyclic) bond motifs is 2. The number of nitrogens with zero attached hydrogens (tertiary/aromatic N) is 2. The highest BCUT2D eigenvalue weighted by Gasteiger charge is 2.40. The molecule has 1 atom stereocenters. The highest BCUT2D eigenvalue weighted by atomic mass is 32.2. The zero-order chi connectivity index (χ0) is 36.3. The molecule has 1 unspecified atom stereocenters. The van der Waals surface area contributed by atoms with Crippen molar-refractivity contribution in [2.45, 2.75) is 65.7 Å². The van der Waals surface area contributed by atoms with E-state index < -0.39 is 0 Å². The van der Waals surface area contributed by atoms with Gasteiger partial charge in [0.25, 0.3) is 0 Å². The Bertz CT molecular complexity index is 2000. The highest BCUT2D eigenvalue weighted by Crippen LogP contribution is 2.48. The van der Waals surface area contributed by atoms with Crippen LogP contribution in [-0.2, 0) is 15.6 Å². The summed E-state index contributed by atoms with van der Waals surface area (Å²) < 4.78 is 0. The molecule has 0 radical (unpaired) electrons. The topological polar surface area (TPSA) is 23.6 Å². The minimum Gasteiger partial charge on any atom is -0.341 e. The predicted molar refractivity (Wildman–Crippen MR) is 221 cm³/mol. The lowest BCUT2D eigenvalue weighted by molar-refractivity contribution is -0.111. The van der Waals surface area contributed by atoms with Crippen molar-refractivity contribution >= 4 is 28.9 Å². The number of hydrogen-bond donors (Lipinski definition) is 0. The average Bonchev–Trinajstić information content (AvgIpc) is 3.40. The van der Waals surface area contributed by atoms with Gasteiger partial charge in [0.1, 0.15) is 0 Å². The molecule has 51 heavy (non-hydrogen) atoms. The molecule has 3 aliphatic heterocycles. The van der Waals surface area contributed by atoms with Crippen molar-refractivity contribution in [2.24, 2.45) is 5.92 Å². The van der Waals surface area contributed by atoms with Gasteiger partial charge in [-0.2, -0.15) is 0 Å². The zero-order valence-electron chi connectivity index (χ0n) is 31.4. The molecule has 262 valence electrons. The van der Waals surface area contributed by atoms with Crippen molar-refractivity contribution in [3.05, 3.63) is 178 Å². The van der Waals surface area contributed by atoms with Gasteiger partial charge in [0.15, 0.2) is 5.78 Å². The Labute approximate surface area is 310 Å². The van der Waals surface area contributed by atoms with Gasteiger partial charge in [-0.05, 0) is 84.4 Å². The van der Waals surface area contributed by atoms with Crippen LogP contribution in [0, 0.1) is 5.92 Å². The molecule has 3 nitrogen and oxygen atoms in total. The quantitative estimate of drug-likeness (QED) is 0.281. The summed E-state index contributed by atoms with van der Waals surface area (Å²) >= 11 is 1.72. The minimum atomic E-state index is -0.0719. The van der Waals surface area contributed by atoms with E-state index in [-0.39, 0.29) is 16.6 Å². The van der Waals surface area contributed by atoms with Crippen LogP contribution in [0.4, 0.5) is 11.4 Å². The van der Waals surface area contributed by atoms with Gasteiger partial charge in [0, 0.05) is 69.0 Å². The molecule has 0 saturated carbocycles. The summed E-state index contributed by atoms with van der Waals surface area (Å²) in [6.45, 7) is 21.6. The fraction of sp³-hybridized carbons (Fsp3) is 0.298. The van der Waals surface area contributed by atoms with Gasteiger partial charge in [-0.15, -0.1) is 11.8 Å². The normalized spacial score (nSPS) is 24.1. The lowest BCUT2D eigenvalue weighted by Crippen LogP contribution is -2.42. The van der Waals surface area contributed by atoms with E-state index >= 15 is 0 Å². The second-order valence-corrected chi connectivity index (χ2v) is 15.9. The first-order valence-electron chi connectivity index (χ1n) is 18.2. The van der Waals surface area contributed by atoms with Crippen molar-refractivity contribution in [3.63, 3.8) is 0 Å². The van der Waals surface area contributed by atoms with E-state index in [0.717, 1.165) is 47.0 Å². The molecule has 1 aliphatic carbocycles. The number of carbonyl (C=O) groups is 1. The van der Waals surface area contributed by atoms with Crippen molar-refractivity contribution in [1.29, 1.82) is 0 Å². The number of rotatable bonds is 6. The highest BCUT2D eigenvalue weighted by molar-refractivity contribution is 8.03. The second-order valence-electron chi connectivity index (χ2n) is 14.9. The first kappa shape index (κ1) is 36.3. The maximum atomic E-state index is 14.0. The molecule has 2 aromatic carbocycles. The van der Waals surface area contributed by atoms with E-state index in [1.165, 1.54) is 33.8 Å². The number of ketones is 1. The molecular weight excluding hydrogens is 641 g/mol. The standard InChI is InChI=1S/C47H52N2OS/c1-9-11-19-36-31-49(43-24-16-14-21-40(43)47(36,7)8)37-27-26-35-32-51-44(33(3)45(50)38(35)29-28-37)25-17-18-30-48-41(22-12-10-2)34(4)46(5,6)39-20-13-15-23-42(39)48/h9-25,27-29,34H,3,26,30-32H2,1-2,4-8H3/b11-9-,12-10-,18-17-,36-19+,41-22+,44-25+. The van der Waals surface area contributed by atoms with Crippen LogP contribution in [0.3, 0.4) is 0 Å². The molecule has 3 heterocycles. The monoisotopic (exact) mass is 692 g/mol. The number of hydrogen-bond acceptors (Lipinski definition) is 4. The number of anilines is 2. The Morgan fingerprint density at radius 1 is 0.882 bits per heavy atom. The summed E-state index contributed by atoms with van der Waals surface area (Å²) in [6.07, 6.45) is 26.5. The molecular formula is C47H52N2OS. The van der Waals surface area contributed by atoms with Crippen LogP contribution >= 0.6 is 11.8 Å². The van der Waals surface area contributed by atoms with Crippen LogP contribution in [0.15, 0.2) is 167 Å². The molecule has 0 aromatic heterocycles. The summed E-state index contributed by atoms with van der Waals surface area (Å²) in [5, 5.41) is 0. The van der Waals surface area contributed by atoms with Crippen molar-refractivity contribution in [3.8, 4) is 0 Å². The molecule has 0 N–H and O–H groups in total. The zero-order valence-corrected chi connectivity index (χ0v) is 32.2. The fourth-order valence-corrected chi connectivity index (χ4v) is 8.74. The van der Waals surface area contributed by atoms with E-state index in [2.05, 4.69) is 180 Å². The van der Waals surface area contributed by atoms with Gasteiger partial charge < -0.3 is 9.80 Å². The van der Waals surface area contributed by atoms with Gasteiger partial charge in [-0.1, -0.05) is 126 Å². The van der Waals surface area contributed by atoms with E-state index in [1.54, 1.807) is 11.8 Å². The van der Waals surface area contributed by atoms with Gasteiger partial charge in [0.2, 0.25) is 0 Å². The third-order valence-corrected chi connectivity index (χ3v) is 12.4. The molecule has 4 heteroatoms. The Morgan fingerprint density at radius 2 is 1.57 bits per heavy atom. The number of benzene rings is 2. The molecule has 0 amide bonds. The fourth-order valence-electron chi connectivity index (χ4n) is 7.69. The summed E-state index contributed by atoms with van der Waals surface area (Å²) in [7, 11) is 0. The van der Waals surface area contributed by atoms with Crippen LogP contribution in [-0.4, -0.2) is 24.6 Å². The number of allylic oxidation sites excluding steroid dienone is 14. The first-order valence-corrected chi connectivity index (χ1v) is 19.2. The molecule has 6 rings (SSSR count). The molecule has 0 spiro atoms. The molecule has 0 bridgehead atoms. The number of para-hydroxylation sites is 2. The largest absolute Gasteiger partial charge is 0.341 e. The van der Waals surface area contributed by atoms with Crippen LogP contribution in [0.1, 0.15) is 66.0 Å². The molecule has 0 saturated heterocycles. The van der Waals surface area contributed by atoms with Crippen LogP contribution in [0.5, 0.6) is 0 Å². The number of carbonyl (C=O) groups excluding carboxylic acids is 1. The maximum Gasteiger partial charge on any atom is 0.193 e. The summed E-state index contributed by atoms with van der Waals surface area (Å²) in [5.41, 5.74) is 11.4. The van der Waals surface area contributed by atoms with E-state index in [4.69, 9.17) is 0 Å². The SMILES string of the molecule is C=C1C(=O)C2=C(CC=C(N3C/C(=C\C=C/C)C(C)(C)c4ccccc43)C=C2)CS/C1=C/C=C\CN1/C(=C/C=C\C)C(C)C(C)(C)c2ccccc21. The third kappa shape index (κ3) is 6.91. The van der Waals surface area contributed by atoms with E-state index in [9.17, 15) is 4.79 Å². The number of thioether (sulfide) groups is 1. The average molecular weight is 693 g/mol. The third-order valence-electron chi connectivity index (χ3n) is 11.2. The maximum absolute atomic E-state index is 14.0. The Kier molecular flexibility index (Phi) is 10.6. The minimum absolute atomic E-state index is 0.0204. The summed E-state index contributed by atoms with van der Waals surface area (Å²) in [4.78, 5) is 19.7. The van der Waals surface area contributed by atoms with Gasteiger partial charge in [-0.3, -0.25) is 4.79 Å². The van der Waals surface area contributed by atoms with Gasteiger partial charge >= 0.3 is 0 Å². The molecule has 0 fully saturated rings. The van der Waals surface area contributed by atoms with Gasteiger partial charge in [0.05, 0.1) is 0 Å².